The van der Waals surface area contributed by atoms with Crippen molar-refractivity contribution in [3.8, 4) is 22.9 Å². The van der Waals surface area contributed by atoms with Crippen LogP contribution in [0.4, 0.5) is 16.2 Å². The van der Waals surface area contributed by atoms with Gasteiger partial charge in [0.25, 0.3) is 0 Å². The molecular formula is C30H36N4O9. The van der Waals surface area contributed by atoms with Crippen LogP contribution in [-0.4, -0.2) is 72.5 Å². The second-order valence-corrected chi connectivity index (χ2v) is 9.85. The molecule has 1 aromatic heterocycles. The van der Waals surface area contributed by atoms with Gasteiger partial charge in [0.2, 0.25) is 23.6 Å². The number of nitrogens with one attached hydrogen (secondary N) is 2. The highest BCUT2D eigenvalue weighted by atomic mass is 16.8. The van der Waals surface area contributed by atoms with Gasteiger partial charge in [-0.3, -0.25) is 14.4 Å². The molecule has 1 aliphatic carbocycles. The summed E-state index contributed by atoms with van der Waals surface area (Å²) in [5.74, 6) is -2.11. The van der Waals surface area contributed by atoms with Gasteiger partial charge in [-0.05, 0) is 65.9 Å². The number of unbranched alkanes of at least 4 members (excludes halogenated alkanes) is 1. The van der Waals surface area contributed by atoms with Crippen LogP contribution < -0.4 is 21.2 Å². The van der Waals surface area contributed by atoms with Crippen molar-refractivity contribution < 1.29 is 43.6 Å². The van der Waals surface area contributed by atoms with Crippen molar-refractivity contribution in [2.24, 2.45) is 5.73 Å². The summed E-state index contributed by atoms with van der Waals surface area (Å²) in [6.07, 6.45) is 1.31. The van der Waals surface area contributed by atoms with Gasteiger partial charge in [0.1, 0.15) is 19.8 Å². The number of nitrogens with zero attached hydrogens (tertiary/aromatic N) is 1. The van der Waals surface area contributed by atoms with Gasteiger partial charge in [0, 0.05) is 42.6 Å². The smallest absolute Gasteiger partial charge is 0.492 e. The summed E-state index contributed by atoms with van der Waals surface area (Å²) < 4.78 is 16.7. The van der Waals surface area contributed by atoms with Crippen molar-refractivity contribution in [1.82, 2.24) is 4.73 Å². The van der Waals surface area contributed by atoms with Crippen LogP contribution in [0.25, 0.3) is 11.1 Å². The monoisotopic (exact) mass is 596 g/mol. The first-order valence-electron chi connectivity index (χ1n) is 14.0. The summed E-state index contributed by atoms with van der Waals surface area (Å²) in [6.45, 7) is 3.00. The lowest BCUT2D eigenvalue weighted by molar-refractivity contribution is -0.121. The van der Waals surface area contributed by atoms with Crippen LogP contribution in [0.2, 0.25) is 0 Å². The van der Waals surface area contributed by atoms with Gasteiger partial charge in [-0.2, -0.15) is 0 Å². The molecule has 1 atom stereocenters. The lowest BCUT2D eigenvalue weighted by Gasteiger charge is -2.16. The predicted molar refractivity (Wildman–Crippen MR) is 157 cm³/mol. The first-order chi connectivity index (χ1) is 20.8. The minimum atomic E-state index is -1.16. The van der Waals surface area contributed by atoms with E-state index in [4.69, 9.17) is 24.8 Å². The van der Waals surface area contributed by atoms with Crippen molar-refractivity contribution in [1.29, 1.82) is 0 Å². The van der Waals surface area contributed by atoms with E-state index in [2.05, 4.69) is 10.6 Å². The Bertz CT molecular complexity index is 1340. The molecule has 0 aliphatic heterocycles. The minimum absolute atomic E-state index is 0.0756. The maximum atomic E-state index is 12.5. The summed E-state index contributed by atoms with van der Waals surface area (Å²) in [5.41, 5.74) is 9.76. The van der Waals surface area contributed by atoms with Crippen molar-refractivity contribution in [2.75, 3.05) is 50.2 Å². The van der Waals surface area contributed by atoms with Crippen molar-refractivity contribution in [3.63, 3.8) is 0 Å². The molecule has 1 unspecified atom stereocenters. The van der Waals surface area contributed by atoms with Gasteiger partial charge in [-0.15, -0.1) is 4.73 Å². The molecule has 2 aromatic carbocycles. The number of aromatic nitrogens is 1. The molecule has 43 heavy (non-hydrogen) atoms. The van der Waals surface area contributed by atoms with Crippen LogP contribution in [0.3, 0.4) is 0 Å². The van der Waals surface area contributed by atoms with Gasteiger partial charge in [0.05, 0.1) is 0 Å². The zero-order valence-corrected chi connectivity index (χ0v) is 23.8. The first-order valence-corrected chi connectivity index (χ1v) is 14.0. The maximum absolute atomic E-state index is 12.5. The number of fused-ring (bicyclic) bond motifs is 3. The number of nitrogens with two attached hydrogens (primary N) is 1. The van der Waals surface area contributed by atoms with E-state index in [-0.39, 0.29) is 31.6 Å². The van der Waals surface area contributed by atoms with E-state index < -0.39 is 23.8 Å². The van der Waals surface area contributed by atoms with Crippen LogP contribution in [0.5, 0.6) is 11.8 Å². The molecule has 0 radical (unpaired) electrons. The maximum Gasteiger partial charge on any atom is 0.534 e. The van der Waals surface area contributed by atoms with E-state index in [1.54, 1.807) is 24.3 Å². The fraction of sp³-hybridized carbons (Fsp3) is 0.367. The number of amides is 2. The number of carbonyl (C=O) groups is 3. The van der Waals surface area contributed by atoms with Gasteiger partial charge in [-0.25, -0.2) is 4.79 Å². The van der Waals surface area contributed by atoms with E-state index in [0.29, 0.717) is 42.3 Å². The highest BCUT2D eigenvalue weighted by Gasteiger charge is 2.31. The molecule has 1 heterocycles. The predicted octanol–water partition coefficient (Wildman–Crippen LogP) is 3.34. The summed E-state index contributed by atoms with van der Waals surface area (Å²) in [6, 6.07) is 13.1. The van der Waals surface area contributed by atoms with Crippen molar-refractivity contribution >= 4 is 29.3 Å². The van der Waals surface area contributed by atoms with Crippen molar-refractivity contribution in [3.05, 3.63) is 59.7 Å². The fourth-order valence-electron chi connectivity index (χ4n) is 4.60. The number of hydrogen-bond donors (Lipinski definition) is 5. The zero-order valence-electron chi connectivity index (χ0n) is 23.8. The van der Waals surface area contributed by atoms with E-state index in [0.717, 1.165) is 47.2 Å². The molecule has 230 valence electrons. The van der Waals surface area contributed by atoms with E-state index >= 15 is 0 Å². The summed E-state index contributed by atoms with van der Waals surface area (Å²) >= 11 is 0. The zero-order chi connectivity index (χ0) is 30.8. The van der Waals surface area contributed by atoms with Gasteiger partial charge in [-0.1, -0.05) is 25.5 Å². The summed E-state index contributed by atoms with van der Waals surface area (Å²) in [7, 11) is 0. The number of rotatable bonds is 15. The Labute approximate surface area is 248 Å². The highest BCUT2D eigenvalue weighted by Crippen LogP contribution is 2.47. The molecule has 0 bridgehead atoms. The number of ether oxygens (including phenoxy) is 3. The van der Waals surface area contributed by atoms with E-state index in [9.17, 15) is 24.6 Å². The second-order valence-electron chi connectivity index (χ2n) is 9.85. The molecule has 0 saturated carbocycles. The number of aromatic hydroxyl groups is 2. The summed E-state index contributed by atoms with van der Waals surface area (Å²) in [4.78, 5) is 42.2. The van der Waals surface area contributed by atoms with Crippen LogP contribution in [0, 0.1) is 0 Å². The largest absolute Gasteiger partial charge is 0.534 e. The molecular weight excluding hydrogens is 560 g/mol. The Morgan fingerprint density at radius 2 is 1.37 bits per heavy atom. The van der Waals surface area contributed by atoms with Crippen LogP contribution in [-0.2, 0) is 23.8 Å². The molecule has 6 N–H and O–H groups in total. The Kier molecular flexibility index (Phi) is 11.0. The summed E-state index contributed by atoms with van der Waals surface area (Å²) in [5, 5.41) is 25.2. The SMILES string of the molecule is CCCCOCC(=O)Nc1ccc2c(c1)C(COC(=O)On1c(O)ccc1O)c1cc(NC(=O)COCCCN)ccc1-2. The van der Waals surface area contributed by atoms with Crippen molar-refractivity contribution in [2.45, 2.75) is 32.1 Å². The molecule has 13 nitrogen and oxygen atoms in total. The Hall–Kier alpha value is -4.59. The first kappa shape index (κ1) is 31.3. The Balaban J connectivity index is 1.52. The molecule has 13 heteroatoms. The molecule has 1 aliphatic rings. The third kappa shape index (κ3) is 8.25. The second kappa shape index (κ2) is 15.0. The van der Waals surface area contributed by atoms with E-state index in [1.807, 2.05) is 19.1 Å². The quantitative estimate of drug-likeness (QED) is 0.129. The number of hydrogen-bond acceptors (Lipinski definition) is 10. The van der Waals surface area contributed by atoms with Crippen LogP contribution in [0.1, 0.15) is 43.2 Å². The Morgan fingerprint density at radius 3 is 1.88 bits per heavy atom. The minimum Gasteiger partial charge on any atom is -0.492 e. The van der Waals surface area contributed by atoms with Crippen LogP contribution >= 0.6 is 0 Å². The lowest BCUT2D eigenvalue weighted by Crippen LogP contribution is -2.22. The van der Waals surface area contributed by atoms with Gasteiger partial charge >= 0.3 is 6.16 Å². The normalized spacial score (nSPS) is 13.2. The highest BCUT2D eigenvalue weighted by molar-refractivity contribution is 5.94. The van der Waals surface area contributed by atoms with Crippen LogP contribution in [0.15, 0.2) is 48.5 Å². The molecule has 0 fully saturated rings. The third-order valence-corrected chi connectivity index (χ3v) is 6.64. The molecule has 4 rings (SSSR count). The van der Waals surface area contributed by atoms with E-state index in [1.165, 1.54) is 0 Å². The third-order valence-electron chi connectivity index (χ3n) is 6.64. The number of carbonyl (C=O) groups excluding carboxylic acids is 3. The number of benzene rings is 2. The Morgan fingerprint density at radius 1 is 0.837 bits per heavy atom. The fourth-order valence-corrected chi connectivity index (χ4v) is 4.60. The average molecular weight is 597 g/mol. The molecule has 0 spiro atoms. The van der Waals surface area contributed by atoms with Gasteiger partial charge in [0.15, 0.2) is 0 Å². The molecule has 3 aromatic rings. The standard InChI is InChI=1S/C30H36N4O9/c1-2-3-12-40-17-26(35)32-19-5-7-21-22-8-6-20(33-27(36)18-41-13-4-11-31)15-24(22)25(23(21)14-19)16-42-30(39)43-34-28(37)9-10-29(34)38/h5-10,14-15,25,37-38H,2-4,11-13,16-18,31H2,1H3,(H,32,35)(H,33,36). The van der Waals surface area contributed by atoms with Gasteiger partial charge < -0.3 is 40.8 Å². The topological polar surface area (TPSA) is 184 Å². The molecule has 2 amide bonds. The number of anilines is 2. The average Bonchev–Trinajstić information content (AvgIpc) is 3.47. The molecule has 0 saturated heterocycles. The lowest BCUT2D eigenvalue weighted by atomic mass is 9.97.